The van der Waals surface area contributed by atoms with E-state index in [1.165, 1.54) is 19.3 Å². The van der Waals surface area contributed by atoms with Crippen LogP contribution in [0, 0.1) is 0 Å². The van der Waals surface area contributed by atoms with Crippen LogP contribution >= 0.6 is 0 Å². The average molecular weight is 272 g/mol. The zero-order valence-electron chi connectivity index (χ0n) is 12.1. The summed E-state index contributed by atoms with van der Waals surface area (Å²) in [6.45, 7) is 4.96. The zero-order valence-corrected chi connectivity index (χ0v) is 12.1. The molecule has 1 aliphatic carbocycles. The molecule has 1 saturated carbocycles. The summed E-state index contributed by atoms with van der Waals surface area (Å²) in [4.78, 5) is 14.2. The number of urea groups is 1. The number of nitrogens with zero attached hydrogens (tertiary/aromatic N) is 1. The lowest BCUT2D eigenvalue weighted by Gasteiger charge is -2.28. The molecule has 0 saturated heterocycles. The number of hydrogen-bond donors (Lipinski definition) is 1. The predicted molar refractivity (Wildman–Crippen MR) is 82.5 cm³/mol. The molecular formula is C17H24N2O. The van der Waals surface area contributed by atoms with E-state index in [1.54, 1.807) is 6.08 Å². The average Bonchev–Trinajstić information content (AvgIpc) is 2.49. The van der Waals surface area contributed by atoms with E-state index < -0.39 is 0 Å². The fourth-order valence-electron chi connectivity index (χ4n) is 2.69. The summed E-state index contributed by atoms with van der Waals surface area (Å²) in [7, 11) is 0. The number of amides is 2. The normalized spacial score (nSPS) is 15.6. The van der Waals surface area contributed by atoms with Crippen molar-refractivity contribution in [3.63, 3.8) is 0 Å². The Morgan fingerprint density at radius 1 is 1.25 bits per heavy atom. The van der Waals surface area contributed by atoms with Gasteiger partial charge in [-0.05, 0) is 18.4 Å². The first-order valence-corrected chi connectivity index (χ1v) is 7.50. The Labute approximate surface area is 121 Å². The third-order valence-corrected chi connectivity index (χ3v) is 3.79. The molecule has 108 valence electrons. The fourth-order valence-corrected chi connectivity index (χ4v) is 2.69. The monoisotopic (exact) mass is 272 g/mol. The Kier molecular flexibility index (Phi) is 5.66. The van der Waals surface area contributed by atoms with E-state index in [0.717, 1.165) is 18.4 Å². The lowest BCUT2D eigenvalue weighted by Crippen LogP contribution is -2.45. The molecule has 0 aromatic heterocycles. The van der Waals surface area contributed by atoms with Gasteiger partial charge < -0.3 is 10.2 Å². The van der Waals surface area contributed by atoms with Crippen molar-refractivity contribution in [2.75, 3.05) is 6.54 Å². The molecule has 1 N–H and O–H groups in total. The fraction of sp³-hybridized carbons (Fsp3) is 0.471. The van der Waals surface area contributed by atoms with Crippen LogP contribution in [-0.2, 0) is 6.54 Å². The Morgan fingerprint density at radius 3 is 2.60 bits per heavy atom. The summed E-state index contributed by atoms with van der Waals surface area (Å²) in [5.74, 6) is 0. The van der Waals surface area contributed by atoms with Crippen molar-refractivity contribution in [3.05, 3.63) is 48.6 Å². The van der Waals surface area contributed by atoms with E-state index in [2.05, 4.69) is 11.9 Å². The predicted octanol–water partition coefficient (Wildman–Crippen LogP) is 3.72. The molecule has 1 fully saturated rings. The number of nitrogens with one attached hydrogen (secondary N) is 1. The van der Waals surface area contributed by atoms with Crippen molar-refractivity contribution in [2.45, 2.75) is 44.7 Å². The molecule has 0 unspecified atom stereocenters. The summed E-state index contributed by atoms with van der Waals surface area (Å²) < 4.78 is 0. The van der Waals surface area contributed by atoms with Crippen molar-refractivity contribution >= 4 is 6.03 Å². The van der Waals surface area contributed by atoms with Gasteiger partial charge in [0.15, 0.2) is 0 Å². The van der Waals surface area contributed by atoms with Gasteiger partial charge in [0.2, 0.25) is 0 Å². The van der Waals surface area contributed by atoms with Gasteiger partial charge in [-0.3, -0.25) is 0 Å². The first kappa shape index (κ1) is 14.6. The number of rotatable bonds is 5. The second kappa shape index (κ2) is 7.73. The van der Waals surface area contributed by atoms with Crippen LogP contribution in [0.2, 0.25) is 0 Å². The van der Waals surface area contributed by atoms with Gasteiger partial charge in [0.1, 0.15) is 0 Å². The van der Waals surface area contributed by atoms with Gasteiger partial charge in [-0.15, -0.1) is 6.58 Å². The van der Waals surface area contributed by atoms with Gasteiger partial charge in [0, 0.05) is 19.1 Å². The molecule has 0 bridgehead atoms. The highest BCUT2D eigenvalue weighted by atomic mass is 16.2. The summed E-state index contributed by atoms with van der Waals surface area (Å²) in [5, 5.41) is 3.16. The molecule has 0 atom stereocenters. The highest BCUT2D eigenvalue weighted by Crippen LogP contribution is 2.17. The molecule has 0 spiro atoms. The van der Waals surface area contributed by atoms with Crippen LogP contribution in [0.3, 0.4) is 0 Å². The summed E-state index contributed by atoms with van der Waals surface area (Å²) >= 11 is 0. The van der Waals surface area contributed by atoms with Gasteiger partial charge in [-0.1, -0.05) is 55.7 Å². The maximum atomic E-state index is 12.4. The number of carbonyl (C=O) groups is 1. The summed E-state index contributed by atoms with van der Waals surface area (Å²) in [6, 6.07) is 10.5. The largest absolute Gasteiger partial charge is 0.335 e. The van der Waals surface area contributed by atoms with Crippen molar-refractivity contribution in [2.24, 2.45) is 0 Å². The third-order valence-electron chi connectivity index (χ3n) is 3.79. The molecule has 0 radical (unpaired) electrons. The second-order valence-corrected chi connectivity index (χ2v) is 5.44. The SMILES string of the molecule is C=CCN(Cc1ccccc1)C(=O)NC1CCCCC1. The van der Waals surface area contributed by atoms with Gasteiger partial charge in [0.25, 0.3) is 0 Å². The van der Waals surface area contributed by atoms with Crippen LogP contribution in [0.1, 0.15) is 37.7 Å². The minimum atomic E-state index is 0.0284. The van der Waals surface area contributed by atoms with E-state index in [4.69, 9.17) is 0 Å². The Bertz CT molecular complexity index is 424. The van der Waals surface area contributed by atoms with Crippen LogP contribution < -0.4 is 5.32 Å². The molecule has 20 heavy (non-hydrogen) atoms. The Hall–Kier alpha value is -1.77. The molecule has 0 aliphatic heterocycles. The van der Waals surface area contributed by atoms with Gasteiger partial charge in [0.05, 0.1) is 0 Å². The minimum Gasteiger partial charge on any atom is -0.335 e. The van der Waals surface area contributed by atoms with E-state index in [-0.39, 0.29) is 6.03 Å². The first-order valence-electron chi connectivity index (χ1n) is 7.50. The lowest BCUT2D eigenvalue weighted by atomic mass is 9.96. The van der Waals surface area contributed by atoms with Gasteiger partial charge >= 0.3 is 6.03 Å². The smallest absolute Gasteiger partial charge is 0.318 e. The topological polar surface area (TPSA) is 32.3 Å². The van der Waals surface area contributed by atoms with Crippen molar-refractivity contribution < 1.29 is 4.79 Å². The highest BCUT2D eigenvalue weighted by Gasteiger charge is 2.19. The molecular weight excluding hydrogens is 248 g/mol. The Morgan fingerprint density at radius 2 is 1.95 bits per heavy atom. The molecule has 1 aromatic carbocycles. The van der Waals surface area contributed by atoms with Crippen molar-refractivity contribution in [3.8, 4) is 0 Å². The number of hydrogen-bond acceptors (Lipinski definition) is 1. The van der Waals surface area contributed by atoms with Gasteiger partial charge in [-0.25, -0.2) is 4.79 Å². The molecule has 2 rings (SSSR count). The van der Waals surface area contributed by atoms with Crippen molar-refractivity contribution in [1.82, 2.24) is 10.2 Å². The molecule has 0 heterocycles. The first-order chi connectivity index (χ1) is 9.79. The Balaban J connectivity index is 1.92. The molecule has 3 heteroatoms. The number of carbonyl (C=O) groups excluding carboxylic acids is 1. The lowest BCUT2D eigenvalue weighted by molar-refractivity contribution is 0.193. The number of benzene rings is 1. The van der Waals surface area contributed by atoms with Gasteiger partial charge in [-0.2, -0.15) is 0 Å². The quantitative estimate of drug-likeness (QED) is 0.814. The second-order valence-electron chi connectivity index (χ2n) is 5.44. The van der Waals surface area contributed by atoms with Crippen LogP contribution in [-0.4, -0.2) is 23.5 Å². The molecule has 3 nitrogen and oxygen atoms in total. The van der Waals surface area contributed by atoms with Crippen LogP contribution in [0.15, 0.2) is 43.0 Å². The maximum absolute atomic E-state index is 12.4. The van der Waals surface area contributed by atoms with Crippen LogP contribution in [0.4, 0.5) is 4.79 Å². The maximum Gasteiger partial charge on any atom is 0.318 e. The summed E-state index contributed by atoms with van der Waals surface area (Å²) in [6.07, 6.45) is 7.75. The molecule has 1 aromatic rings. The molecule has 1 aliphatic rings. The van der Waals surface area contributed by atoms with E-state index >= 15 is 0 Å². The van der Waals surface area contributed by atoms with E-state index in [1.807, 2.05) is 35.2 Å². The zero-order chi connectivity index (χ0) is 14.2. The summed E-state index contributed by atoms with van der Waals surface area (Å²) in [5.41, 5.74) is 1.15. The van der Waals surface area contributed by atoms with Crippen LogP contribution in [0.25, 0.3) is 0 Å². The molecule has 2 amide bonds. The standard InChI is InChI=1S/C17H24N2O/c1-2-13-19(14-15-9-5-3-6-10-15)17(20)18-16-11-7-4-8-12-16/h2-3,5-6,9-10,16H,1,4,7-8,11-14H2,(H,18,20). The highest BCUT2D eigenvalue weighted by molar-refractivity contribution is 5.74. The third kappa shape index (κ3) is 4.41. The van der Waals surface area contributed by atoms with E-state index in [9.17, 15) is 4.79 Å². The van der Waals surface area contributed by atoms with Crippen molar-refractivity contribution in [1.29, 1.82) is 0 Å². The van der Waals surface area contributed by atoms with E-state index in [0.29, 0.717) is 19.1 Å². The minimum absolute atomic E-state index is 0.0284. The van der Waals surface area contributed by atoms with Crippen LogP contribution in [0.5, 0.6) is 0 Å².